The molecule has 1 heterocycles. The Labute approximate surface area is 157 Å². The van der Waals surface area contributed by atoms with E-state index in [2.05, 4.69) is 10.3 Å². The maximum atomic E-state index is 12.8. The van der Waals surface area contributed by atoms with Gasteiger partial charge in [0.25, 0.3) is 5.91 Å². The molecule has 0 fully saturated rings. The first-order valence-electron chi connectivity index (χ1n) is 8.25. The molecule has 3 aromatic rings. The summed E-state index contributed by atoms with van der Waals surface area (Å²) in [6.45, 7) is 4.04. The van der Waals surface area contributed by atoms with Gasteiger partial charge < -0.3 is 10.1 Å². The molecule has 0 aliphatic heterocycles. The van der Waals surface area contributed by atoms with Crippen LogP contribution in [-0.4, -0.2) is 10.9 Å². The average Bonchev–Trinajstić information content (AvgIpc) is 2.62. The molecule has 1 amide bonds. The molecule has 26 heavy (non-hydrogen) atoms. The van der Waals surface area contributed by atoms with E-state index in [9.17, 15) is 4.79 Å². The normalized spacial score (nSPS) is 10.4. The van der Waals surface area contributed by atoms with E-state index >= 15 is 0 Å². The van der Waals surface area contributed by atoms with Crippen molar-refractivity contribution in [3.05, 3.63) is 88.2 Å². The third kappa shape index (κ3) is 4.21. The van der Waals surface area contributed by atoms with E-state index in [0.717, 1.165) is 11.3 Å². The van der Waals surface area contributed by atoms with Crippen LogP contribution < -0.4 is 10.1 Å². The van der Waals surface area contributed by atoms with Crippen molar-refractivity contribution in [1.29, 1.82) is 0 Å². The van der Waals surface area contributed by atoms with Gasteiger partial charge in [0.1, 0.15) is 17.9 Å². The van der Waals surface area contributed by atoms with Gasteiger partial charge >= 0.3 is 0 Å². The predicted octanol–water partition coefficient (Wildman–Crippen LogP) is 5.18. The molecule has 0 atom stereocenters. The fourth-order valence-electron chi connectivity index (χ4n) is 2.67. The minimum absolute atomic E-state index is 0.300. The first kappa shape index (κ1) is 18.0. The van der Waals surface area contributed by atoms with E-state index < -0.39 is 0 Å². The van der Waals surface area contributed by atoms with Gasteiger partial charge in [-0.15, -0.1) is 0 Å². The van der Waals surface area contributed by atoms with E-state index in [1.54, 1.807) is 25.1 Å². The van der Waals surface area contributed by atoms with Crippen LogP contribution in [0.3, 0.4) is 0 Å². The summed E-state index contributed by atoms with van der Waals surface area (Å²) in [4.78, 5) is 17.2. The quantitative estimate of drug-likeness (QED) is 0.676. The molecule has 0 spiro atoms. The molecule has 5 heteroatoms. The number of amides is 1. The van der Waals surface area contributed by atoms with Crippen LogP contribution in [0.15, 0.2) is 60.7 Å². The number of carbonyl (C=O) groups is 1. The first-order chi connectivity index (χ1) is 12.5. The Morgan fingerprint density at radius 1 is 1.08 bits per heavy atom. The van der Waals surface area contributed by atoms with Crippen molar-refractivity contribution in [2.24, 2.45) is 0 Å². The van der Waals surface area contributed by atoms with Gasteiger partial charge in [-0.2, -0.15) is 0 Å². The Kier molecular flexibility index (Phi) is 5.54. The Hall–Kier alpha value is -2.85. The zero-order valence-electron chi connectivity index (χ0n) is 14.6. The lowest BCUT2D eigenvalue weighted by atomic mass is 10.1. The van der Waals surface area contributed by atoms with Gasteiger partial charge in [0.15, 0.2) is 0 Å². The fraction of sp³-hybridized carbons (Fsp3) is 0.143. The molecule has 2 aromatic carbocycles. The van der Waals surface area contributed by atoms with E-state index in [-0.39, 0.29) is 5.91 Å². The zero-order valence-corrected chi connectivity index (χ0v) is 15.4. The summed E-state index contributed by atoms with van der Waals surface area (Å²) in [6, 6.07) is 18.7. The fourth-order valence-corrected chi connectivity index (χ4v) is 2.85. The number of pyridine rings is 1. The Morgan fingerprint density at radius 3 is 2.50 bits per heavy atom. The van der Waals surface area contributed by atoms with Crippen molar-refractivity contribution in [2.75, 3.05) is 5.32 Å². The van der Waals surface area contributed by atoms with Gasteiger partial charge in [-0.25, -0.2) is 0 Å². The molecule has 1 N–H and O–H groups in total. The number of ether oxygens (including phenoxy) is 1. The van der Waals surface area contributed by atoms with Crippen LogP contribution in [0, 0.1) is 13.8 Å². The maximum Gasteiger partial charge on any atom is 0.261 e. The van der Waals surface area contributed by atoms with Crippen molar-refractivity contribution in [3.63, 3.8) is 0 Å². The van der Waals surface area contributed by atoms with Gasteiger partial charge in [-0.05, 0) is 31.5 Å². The highest BCUT2D eigenvalue weighted by Gasteiger charge is 2.19. The molecule has 0 radical (unpaired) electrons. The number of para-hydroxylation sites is 1. The van der Waals surface area contributed by atoms with Crippen LogP contribution in [0.25, 0.3) is 0 Å². The van der Waals surface area contributed by atoms with Gasteiger partial charge in [0.05, 0.1) is 16.4 Å². The highest BCUT2D eigenvalue weighted by molar-refractivity contribution is 6.34. The lowest BCUT2D eigenvalue weighted by molar-refractivity contribution is 0.102. The van der Waals surface area contributed by atoms with E-state index in [1.807, 2.05) is 49.4 Å². The summed E-state index contributed by atoms with van der Waals surface area (Å²) >= 11 is 6.14. The minimum Gasteiger partial charge on any atom is -0.488 e. The Bertz CT molecular complexity index is 927. The number of hydrogen-bond acceptors (Lipinski definition) is 3. The molecule has 3 rings (SSSR count). The monoisotopic (exact) mass is 366 g/mol. The van der Waals surface area contributed by atoms with E-state index in [1.165, 1.54) is 0 Å². The third-order valence-corrected chi connectivity index (χ3v) is 4.21. The van der Waals surface area contributed by atoms with Crippen LogP contribution in [0.4, 0.5) is 5.69 Å². The number of aromatic nitrogens is 1. The van der Waals surface area contributed by atoms with Crippen LogP contribution >= 0.6 is 11.6 Å². The van der Waals surface area contributed by atoms with Crippen molar-refractivity contribution in [1.82, 2.24) is 4.98 Å². The second-order valence-electron chi connectivity index (χ2n) is 5.93. The third-order valence-electron chi connectivity index (χ3n) is 3.88. The average molecular weight is 367 g/mol. The highest BCUT2D eigenvalue weighted by Crippen LogP contribution is 2.27. The lowest BCUT2D eigenvalue weighted by Crippen LogP contribution is -2.16. The van der Waals surface area contributed by atoms with Gasteiger partial charge in [0.2, 0.25) is 0 Å². The Balaban J connectivity index is 1.88. The molecule has 0 bridgehead atoms. The highest BCUT2D eigenvalue weighted by atomic mass is 35.5. The summed E-state index contributed by atoms with van der Waals surface area (Å²) < 4.78 is 5.94. The molecule has 4 nitrogen and oxygen atoms in total. The predicted molar refractivity (Wildman–Crippen MR) is 104 cm³/mol. The number of hydrogen-bond donors (Lipinski definition) is 1. The van der Waals surface area contributed by atoms with Crippen molar-refractivity contribution >= 4 is 23.2 Å². The number of rotatable bonds is 5. The van der Waals surface area contributed by atoms with Crippen molar-refractivity contribution in [3.8, 4) is 5.75 Å². The minimum atomic E-state index is -0.300. The number of aryl methyl sites for hydroxylation is 2. The molecule has 0 saturated heterocycles. The number of carbonyl (C=O) groups excluding carboxylic acids is 1. The lowest BCUT2D eigenvalue weighted by Gasteiger charge is -2.15. The summed E-state index contributed by atoms with van der Waals surface area (Å²) in [7, 11) is 0. The maximum absolute atomic E-state index is 12.8. The second kappa shape index (κ2) is 8.02. The van der Waals surface area contributed by atoms with Gasteiger partial charge in [-0.3, -0.25) is 9.78 Å². The summed E-state index contributed by atoms with van der Waals surface area (Å²) in [5.41, 5.74) is 3.38. The number of halogens is 1. The molecule has 0 saturated carbocycles. The molecular formula is C21H19ClN2O2. The SMILES string of the molecule is Cc1cc(OCc2ccccc2)c(C(=O)Nc2ccccc2Cl)c(C)n1. The number of nitrogens with one attached hydrogen (secondary N) is 1. The van der Waals surface area contributed by atoms with E-state index in [0.29, 0.717) is 34.3 Å². The molecule has 0 unspecified atom stereocenters. The van der Waals surface area contributed by atoms with Crippen molar-refractivity contribution < 1.29 is 9.53 Å². The summed E-state index contributed by atoms with van der Waals surface area (Å²) in [5.74, 6) is 0.203. The van der Waals surface area contributed by atoms with Crippen LogP contribution in [-0.2, 0) is 6.61 Å². The van der Waals surface area contributed by atoms with Crippen LogP contribution in [0.5, 0.6) is 5.75 Å². The number of benzene rings is 2. The molecule has 0 aliphatic rings. The summed E-state index contributed by atoms with van der Waals surface area (Å²) in [5, 5.41) is 3.31. The molecule has 0 aliphatic carbocycles. The molecule has 132 valence electrons. The first-order valence-corrected chi connectivity index (χ1v) is 8.63. The van der Waals surface area contributed by atoms with Crippen LogP contribution in [0.2, 0.25) is 5.02 Å². The molecule has 1 aromatic heterocycles. The van der Waals surface area contributed by atoms with E-state index in [4.69, 9.17) is 16.3 Å². The largest absolute Gasteiger partial charge is 0.488 e. The topological polar surface area (TPSA) is 51.2 Å². The number of anilines is 1. The summed E-state index contributed by atoms with van der Waals surface area (Å²) in [6.07, 6.45) is 0. The van der Waals surface area contributed by atoms with Crippen molar-refractivity contribution in [2.45, 2.75) is 20.5 Å². The van der Waals surface area contributed by atoms with Gasteiger partial charge in [0, 0.05) is 11.8 Å². The standard InChI is InChI=1S/C21H19ClN2O2/c1-14-12-19(26-13-16-8-4-3-5-9-16)20(15(2)23-14)21(25)24-18-11-7-6-10-17(18)22/h3-12H,13H2,1-2H3,(H,24,25). The second-order valence-corrected chi connectivity index (χ2v) is 6.34. The van der Waals surface area contributed by atoms with Gasteiger partial charge in [-0.1, -0.05) is 54.1 Å². The van der Waals surface area contributed by atoms with Crippen LogP contribution in [0.1, 0.15) is 27.3 Å². The number of nitrogens with zero attached hydrogens (tertiary/aromatic N) is 1. The smallest absolute Gasteiger partial charge is 0.261 e. The molecular weight excluding hydrogens is 348 g/mol. The zero-order chi connectivity index (χ0) is 18.5. The Morgan fingerprint density at radius 2 is 1.77 bits per heavy atom.